The van der Waals surface area contributed by atoms with Crippen LogP contribution in [0.3, 0.4) is 0 Å². The van der Waals surface area contributed by atoms with Crippen LogP contribution in [-0.4, -0.2) is 25.0 Å². The molecule has 1 heterocycles. The topological polar surface area (TPSA) is 41.1 Å². The van der Waals surface area contributed by atoms with Crippen molar-refractivity contribution in [2.24, 2.45) is 5.92 Å². The Hall–Kier alpha value is -1.42. The van der Waals surface area contributed by atoms with E-state index in [2.05, 4.69) is 17.6 Å². The van der Waals surface area contributed by atoms with E-state index >= 15 is 0 Å². The molecule has 1 saturated heterocycles. The van der Waals surface area contributed by atoms with Crippen LogP contribution in [-0.2, 0) is 10.2 Å². The Labute approximate surface area is 120 Å². The van der Waals surface area contributed by atoms with Gasteiger partial charge >= 0.3 is 0 Å². The zero-order chi connectivity index (χ0) is 14.8. The standard InChI is InChI=1S/C16H23FN2O/c1-11-8-9-18-10-14(11)19-15(20)16(2,3)12-6-4-5-7-13(12)17/h4-7,11,14,18H,8-10H2,1-3H3,(H,19,20). The second kappa shape index (κ2) is 5.92. The second-order valence-corrected chi connectivity index (χ2v) is 6.15. The first kappa shape index (κ1) is 15.0. The van der Waals surface area contributed by atoms with E-state index < -0.39 is 5.41 Å². The van der Waals surface area contributed by atoms with Crippen molar-refractivity contribution in [1.29, 1.82) is 0 Å². The van der Waals surface area contributed by atoms with Gasteiger partial charge in [-0.15, -0.1) is 0 Å². The normalized spacial score (nSPS) is 23.4. The third-order valence-electron chi connectivity index (χ3n) is 4.26. The van der Waals surface area contributed by atoms with Crippen LogP contribution in [0.5, 0.6) is 0 Å². The van der Waals surface area contributed by atoms with E-state index in [0.29, 0.717) is 11.5 Å². The molecule has 20 heavy (non-hydrogen) atoms. The van der Waals surface area contributed by atoms with Gasteiger partial charge in [0, 0.05) is 18.2 Å². The molecule has 0 aromatic heterocycles. The van der Waals surface area contributed by atoms with Crippen molar-refractivity contribution in [3.8, 4) is 0 Å². The van der Waals surface area contributed by atoms with Crippen molar-refractivity contribution in [1.82, 2.24) is 10.6 Å². The molecule has 0 bridgehead atoms. The summed E-state index contributed by atoms with van der Waals surface area (Å²) in [5, 5.41) is 6.35. The lowest BCUT2D eigenvalue weighted by Gasteiger charge is -2.33. The van der Waals surface area contributed by atoms with E-state index in [1.165, 1.54) is 6.07 Å². The molecule has 1 aliphatic heterocycles. The maximum atomic E-state index is 13.9. The first-order chi connectivity index (χ1) is 9.43. The average Bonchev–Trinajstić information content (AvgIpc) is 2.41. The van der Waals surface area contributed by atoms with Crippen molar-refractivity contribution in [3.05, 3.63) is 35.6 Å². The van der Waals surface area contributed by atoms with Gasteiger partial charge in [-0.1, -0.05) is 25.1 Å². The smallest absolute Gasteiger partial charge is 0.230 e. The highest BCUT2D eigenvalue weighted by atomic mass is 19.1. The number of nitrogens with one attached hydrogen (secondary N) is 2. The van der Waals surface area contributed by atoms with Crippen LogP contribution in [0.4, 0.5) is 4.39 Å². The summed E-state index contributed by atoms with van der Waals surface area (Å²) in [4.78, 5) is 12.5. The summed E-state index contributed by atoms with van der Waals surface area (Å²) in [6.07, 6.45) is 1.05. The Morgan fingerprint density at radius 3 is 2.75 bits per heavy atom. The Kier molecular flexibility index (Phi) is 4.43. The molecule has 1 aromatic carbocycles. The molecule has 3 nitrogen and oxygen atoms in total. The van der Waals surface area contributed by atoms with E-state index in [9.17, 15) is 9.18 Å². The average molecular weight is 278 g/mol. The highest BCUT2D eigenvalue weighted by molar-refractivity contribution is 5.87. The summed E-state index contributed by atoms with van der Waals surface area (Å²) in [7, 11) is 0. The van der Waals surface area contributed by atoms with Crippen molar-refractivity contribution >= 4 is 5.91 Å². The SMILES string of the molecule is CC1CCNCC1NC(=O)C(C)(C)c1ccccc1F. The maximum absolute atomic E-state index is 13.9. The van der Waals surface area contributed by atoms with E-state index in [4.69, 9.17) is 0 Å². The molecule has 4 heteroatoms. The highest BCUT2D eigenvalue weighted by Gasteiger charge is 2.34. The minimum atomic E-state index is -0.873. The van der Waals surface area contributed by atoms with Crippen LogP contribution in [0.2, 0.25) is 0 Å². The van der Waals surface area contributed by atoms with Crippen LogP contribution in [0.1, 0.15) is 32.8 Å². The molecule has 1 amide bonds. The summed E-state index contributed by atoms with van der Waals surface area (Å²) < 4.78 is 13.9. The first-order valence-corrected chi connectivity index (χ1v) is 7.19. The molecule has 0 saturated carbocycles. The minimum absolute atomic E-state index is 0.113. The number of halogens is 1. The van der Waals surface area contributed by atoms with Crippen molar-refractivity contribution in [2.45, 2.75) is 38.6 Å². The van der Waals surface area contributed by atoms with Gasteiger partial charge in [0.15, 0.2) is 0 Å². The monoisotopic (exact) mass is 278 g/mol. The molecule has 1 fully saturated rings. The molecule has 1 aromatic rings. The summed E-state index contributed by atoms with van der Waals surface area (Å²) in [5.41, 5.74) is -0.434. The molecule has 110 valence electrons. The number of rotatable bonds is 3. The molecule has 0 spiro atoms. The number of hydrogen-bond acceptors (Lipinski definition) is 2. The Morgan fingerprint density at radius 1 is 1.40 bits per heavy atom. The fourth-order valence-electron chi connectivity index (χ4n) is 2.62. The maximum Gasteiger partial charge on any atom is 0.230 e. The number of piperidine rings is 1. The van der Waals surface area contributed by atoms with Crippen LogP contribution >= 0.6 is 0 Å². The molecule has 2 atom stereocenters. The molecule has 0 aliphatic carbocycles. The van der Waals surface area contributed by atoms with Gasteiger partial charge in [0.05, 0.1) is 5.41 Å². The lowest BCUT2D eigenvalue weighted by molar-refractivity contribution is -0.127. The van der Waals surface area contributed by atoms with Crippen LogP contribution in [0.15, 0.2) is 24.3 Å². The summed E-state index contributed by atoms with van der Waals surface area (Å²) in [6, 6.07) is 6.59. The van der Waals surface area contributed by atoms with Crippen LogP contribution in [0.25, 0.3) is 0 Å². The third kappa shape index (κ3) is 3.01. The van der Waals surface area contributed by atoms with Gasteiger partial charge in [-0.25, -0.2) is 4.39 Å². The first-order valence-electron chi connectivity index (χ1n) is 7.19. The fraction of sp³-hybridized carbons (Fsp3) is 0.562. The van der Waals surface area contributed by atoms with E-state index in [0.717, 1.165) is 19.5 Å². The molecular weight excluding hydrogens is 255 g/mol. The Balaban J connectivity index is 2.13. The quantitative estimate of drug-likeness (QED) is 0.890. The fourth-order valence-corrected chi connectivity index (χ4v) is 2.62. The van der Waals surface area contributed by atoms with Gasteiger partial charge in [-0.2, -0.15) is 0 Å². The zero-order valence-corrected chi connectivity index (χ0v) is 12.4. The Morgan fingerprint density at radius 2 is 2.10 bits per heavy atom. The number of carbonyl (C=O) groups is 1. The lowest BCUT2D eigenvalue weighted by atomic mass is 9.82. The van der Waals surface area contributed by atoms with E-state index in [1.54, 1.807) is 32.0 Å². The van der Waals surface area contributed by atoms with E-state index in [1.807, 2.05) is 0 Å². The number of benzene rings is 1. The highest BCUT2D eigenvalue weighted by Crippen LogP contribution is 2.26. The summed E-state index contributed by atoms with van der Waals surface area (Å²) in [6.45, 7) is 7.44. The molecule has 1 aliphatic rings. The lowest BCUT2D eigenvalue weighted by Crippen LogP contribution is -2.54. The molecule has 2 unspecified atom stereocenters. The van der Waals surface area contributed by atoms with Crippen molar-refractivity contribution in [3.63, 3.8) is 0 Å². The van der Waals surface area contributed by atoms with Gasteiger partial charge in [0.2, 0.25) is 5.91 Å². The summed E-state index contributed by atoms with van der Waals surface area (Å²) in [5.74, 6) is -0.0118. The van der Waals surface area contributed by atoms with Gasteiger partial charge in [-0.3, -0.25) is 4.79 Å². The molecule has 2 rings (SSSR count). The molecule has 0 radical (unpaired) electrons. The summed E-state index contributed by atoms with van der Waals surface area (Å²) >= 11 is 0. The van der Waals surface area contributed by atoms with Gasteiger partial charge in [0.25, 0.3) is 0 Å². The van der Waals surface area contributed by atoms with Gasteiger partial charge in [0.1, 0.15) is 5.82 Å². The Bertz CT molecular complexity index is 487. The number of hydrogen-bond donors (Lipinski definition) is 2. The van der Waals surface area contributed by atoms with Crippen LogP contribution < -0.4 is 10.6 Å². The third-order valence-corrected chi connectivity index (χ3v) is 4.26. The molecule has 2 N–H and O–H groups in total. The minimum Gasteiger partial charge on any atom is -0.351 e. The number of carbonyl (C=O) groups excluding carboxylic acids is 1. The van der Waals surface area contributed by atoms with Gasteiger partial charge in [-0.05, 0) is 38.8 Å². The van der Waals surface area contributed by atoms with Crippen LogP contribution in [0, 0.1) is 11.7 Å². The van der Waals surface area contributed by atoms with Gasteiger partial charge < -0.3 is 10.6 Å². The zero-order valence-electron chi connectivity index (χ0n) is 12.4. The predicted molar refractivity (Wildman–Crippen MR) is 78.0 cm³/mol. The number of amides is 1. The molecular formula is C16H23FN2O. The largest absolute Gasteiger partial charge is 0.351 e. The van der Waals surface area contributed by atoms with Crippen molar-refractivity contribution < 1.29 is 9.18 Å². The second-order valence-electron chi connectivity index (χ2n) is 6.15. The van der Waals surface area contributed by atoms with E-state index in [-0.39, 0.29) is 17.8 Å². The van der Waals surface area contributed by atoms with Crippen molar-refractivity contribution in [2.75, 3.05) is 13.1 Å². The predicted octanol–water partition coefficient (Wildman–Crippen LogP) is 2.22.